The van der Waals surface area contributed by atoms with Gasteiger partial charge in [0.2, 0.25) is 5.78 Å². The third kappa shape index (κ3) is 2.87. The molecule has 0 spiro atoms. The predicted octanol–water partition coefficient (Wildman–Crippen LogP) is 0.983. The molecule has 1 rings (SSSR count). The molecule has 5 heteroatoms. The summed E-state index contributed by atoms with van der Waals surface area (Å²) in [5.41, 5.74) is 5.44. The maximum Gasteiger partial charge on any atom is 0.215 e. The Hall–Kier alpha value is -1.36. The molecule has 0 atom stereocenters. The Labute approximate surface area is 80.7 Å². The highest BCUT2D eigenvalue weighted by atomic mass is 32.1. The summed E-state index contributed by atoms with van der Waals surface area (Å²) in [6.45, 7) is 0. The van der Waals surface area contributed by atoms with Crippen LogP contribution in [-0.2, 0) is 0 Å². The Balaban J connectivity index is 2.69. The zero-order valence-corrected chi connectivity index (χ0v) is 8.34. The maximum absolute atomic E-state index is 11.3. The highest BCUT2D eigenvalue weighted by molar-refractivity contribution is 7.17. The topological polar surface area (TPSA) is 59.2 Å². The molecule has 0 unspecified atom stereocenters. The lowest BCUT2D eigenvalue weighted by Crippen LogP contribution is -2.02. The summed E-state index contributed by atoms with van der Waals surface area (Å²) < 4.78 is 0. The van der Waals surface area contributed by atoms with Gasteiger partial charge in [0.1, 0.15) is 5.00 Å². The summed E-state index contributed by atoms with van der Waals surface area (Å²) in [5.74, 6) is -0.115. The number of nitrogens with zero attached hydrogens (tertiary/aromatic N) is 2. The number of aromatic nitrogens is 1. The molecular formula is C8H11N3OS. The van der Waals surface area contributed by atoms with Crippen molar-refractivity contribution in [1.82, 2.24) is 9.88 Å². The zero-order chi connectivity index (χ0) is 9.84. The fourth-order valence-electron chi connectivity index (χ4n) is 0.689. The summed E-state index contributed by atoms with van der Waals surface area (Å²) in [6, 6.07) is 0. The van der Waals surface area contributed by atoms with E-state index >= 15 is 0 Å². The van der Waals surface area contributed by atoms with Crippen molar-refractivity contribution in [3.8, 4) is 0 Å². The number of hydrogen-bond acceptors (Lipinski definition) is 5. The number of ketones is 1. The van der Waals surface area contributed by atoms with Crippen LogP contribution in [0.25, 0.3) is 0 Å². The van der Waals surface area contributed by atoms with Crippen molar-refractivity contribution in [2.24, 2.45) is 0 Å². The van der Waals surface area contributed by atoms with Crippen LogP contribution in [0.3, 0.4) is 0 Å². The molecular weight excluding hydrogens is 186 g/mol. The van der Waals surface area contributed by atoms with Gasteiger partial charge in [-0.3, -0.25) is 4.79 Å². The van der Waals surface area contributed by atoms with Crippen LogP contribution in [-0.4, -0.2) is 29.8 Å². The molecule has 0 fully saturated rings. The number of nitrogen functional groups attached to an aromatic ring is 1. The summed E-state index contributed by atoms with van der Waals surface area (Å²) in [6.07, 6.45) is 4.64. The van der Waals surface area contributed by atoms with Gasteiger partial charge in [-0.15, -0.1) is 0 Å². The van der Waals surface area contributed by atoms with E-state index in [0.717, 1.165) is 0 Å². The number of carbonyl (C=O) groups excluding carboxylic acids is 1. The summed E-state index contributed by atoms with van der Waals surface area (Å²) in [5, 5.41) is 0.984. The molecule has 4 nitrogen and oxygen atoms in total. The largest absolute Gasteiger partial charge is 0.389 e. The molecule has 1 aromatic rings. The molecule has 0 aliphatic rings. The van der Waals surface area contributed by atoms with Crippen LogP contribution >= 0.6 is 11.3 Å². The average Bonchev–Trinajstić information content (AvgIpc) is 2.47. The number of hydrogen-bond donors (Lipinski definition) is 1. The first-order valence-corrected chi connectivity index (χ1v) is 4.51. The van der Waals surface area contributed by atoms with Gasteiger partial charge in [0.15, 0.2) is 5.01 Å². The molecule has 1 heterocycles. The van der Waals surface area contributed by atoms with Crippen molar-refractivity contribution in [2.75, 3.05) is 19.8 Å². The van der Waals surface area contributed by atoms with Gasteiger partial charge < -0.3 is 10.6 Å². The number of thiazole rings is 1. The molecule has 0 saturated carbocycles. The monoisotopic (exact) mass is 197 g/mol. The predicted molar refractivity (Wildman–Crippen MR) is 53.7 cm³/mol. The molecule has 0 radical (unpaired) electrons. The third-order valence-corrected chi connectivity index (χ3v) is 2.10. The minimum Gasteiger partial charge on any atom is -0.389 e. The Bertz CT molecular complexity index is 330. The highest BCUT2D eigenvalue weighted by Gasteiger charge is 2.05. The minimum absolute atomic E-state index is 0.115. The second-order valence-corrected chi connectivity index (χ2v) is 3.77. The van der Waals surface area contributed by atoms with Crippen molar-refractivity contribution in [1.29, 1.82) is 0 Å². The second kappa shape index (κ2) is 4.04. The van der Waals surface area contributed by atoms with Gasteiger partial charge in [-0.2, -0.15) is 0 Å². The first-order valence-electron chi connectivity index (χ1n) is 3.70. The highest BCUT2D eigenvalue weighted by Crippen LogP contribution is 2.15. The third-order valence-electron chi connectivity index (χ3n) is 1.26. The van der Waals surface area contributed by atoms with Crippen LogP contribution in [0.4, 0.5) is 5.00 Å². The van der Waals surface area contributed by atoms with Gasteiger partial charge in [0, 0.05) is 26.4 Å². The molecule has 0 bridgehead atoms. The first-order chi connectivity index (χ1) is 6.09. The Kier molecular flexibility index (Phi) is 3.02. The lowest BCUT2D eigenvalue weighted by molar-refractivity contribution is 0.104. The second-order valence-electron chi connectivity index (χ2n) is 2.71. The van der Waals surface area contributed by atoms with E-state index in [4.69, 9.17) is 5.73 Å². The van der Waals surface area contributed by atoms with E-state index in [-0.39, 0.29) is 5.78 Å². The van der Waals surface area contributed by atoms with Crippen molar-refractivity contribution in [2.45, 2.75) is 0 Å². The van der Waals surface area contributed by atoms with Gasteiger partial charge in [-0.25, -0.2) is 4.98 Å². The molecule has 1 aromatic heterocycles. The summed E-state index contributed by atoms with van der Waals surface area (Å²) in [7, 11) is 3.69. The number of allylic oxidation sites excluding steroid dienone is 1. The van der Waals surface area contributed by atoms with Gasteiger partial charge in [0.25, 0.3) is 0 Å². The van der Waals surface area contributed by atoms with Gasteiger partial charge in [-0.05, 0) is 0 Å². The molecule has 13 heavy (non-hydrogen) atoms. The zero-order valence-electron chi connectivity index (χ0n) is 7.52. The fourth-order valence-corrected chi connectivity index (χ4v) is 1.29. The van der Waals surface area contributed by atoms with Crippen molar-refractivity contribution in [3.63, 3.8) is 0 Å². The minimum atomic E-state index is -0.115. The average molecular weight is 197 g/mol. The molecule has 0 aliphatic heterocycles. The molecule has 0 aliphatic carbocycles. The summed E-state index contributed by atoms with van der Waals surface area (Å²) in [4.78, 5) is 17.0. The van der Waals surface area contributed by atoms with Gasteiger partial charge >= 0.3 is 0 Å². The normalized spacial score (nSPS) is 10.6. The molecule has 0 saturated heterocycles. The smallest absolute Gasteiger partial charge is 0.215 e. The molecule has 2 N–H and O–H groups in total. The van der Waals surface area contributed by atoms with E-state index in [9.17, 15) is 4.79 Å². The Morgan fingerprint density at radius 1 is 1.69 bits per heavy atom. The Morgan fingerprint density at radius 3 is 2.85 bits per heavy atom. The number of nitrogens with two attached hydrogens (primary N) is 1. The van der Waals surface area contributed by atoms with Crippen molar-refractivity contribution < 1.29 is 4.79 Å². The molecule has 0 amide bonds. The molecule has 70 valence electrons. The SMILES string of the molecule is CN(C)/C=C/C(=O)c1ncc(N)s1. The van der Waals surface area contributed by atoms with Gasteiger partial charge in [0.05, 0.1) is 6.20 Å². The van der Waals surface area contributed by atoms with Gasteiger partial charge in [-0.1, -0.05) is 11.3 Å². The van der Waals surface area contributed by atoms with E-state index in [1.807, 2.05) is 14.1 Å². The van der Waals surface area contributed by atoms with Crippen molar-refractivity contribution >= 4 is 22.1 Å². The van der Waals surface area contributed by atoms with E-state index < -0.39 is 0 Å². The quantitative estimate of drug-likeness (QED) is 0.579. The van der Waals surface area contributed by atoms with Crippen LogP contribution in [0.5, 0.6) is 0 Å². The van der Waals surface area contributed by atoms with Crippen molar-refractivity contribution in [3.05, 3.63) is 23.5 Å². The first kappa shape index (κ1) is 9.73. The van der Waals surface area contributed by atoms with E-state index in [1.54, 1.807) is 11.1 Å². The Morgan fingerprint density at radius 2 is 2.38 bits per heavy atom. The van der Waals surface area contributed by atoms with Crippen LogP contribution < -0.4 is 5.73 Å². The lowest BCUT2D eigenvalue weighted by atomic mass is 10.4. The number of carbonyl (C=O) groups is 1. The van der Waals surface area contributed by atoms with Crippen LogP contribution in [0.1, 0.15) is 9.80 Å². The lowest BCUT2D eigenvalue weighted by Gasteiger charge is -2.01. The van der Waals surface area contributed by atoms with E-state index in [2.05, 4.69) is 4.98 Å². The van der Waals surface area contributed by atoms with Crippen LogP contribution in [0, 0.1) is 0 Å². The summed E-state index contributed by atoms with van der Waals surface area (Å²) >= 11 is 1.19. The van der Waals surface area contributed by atoms with E-state index in [1.165, 1.54) is 23.6 Å². The van der Waals surface area contributed by atoms with Crippen LogP contribution in [0.15, 0.2) is 18.5 Å². The number of rotatable bonds is 3. The van der Waals surface area contributed by atoms with E-state index in [0.29, 0.717) is 10.0 Å². The maximum atomic E-state index is 11.3. The number of anilines is 1. The molecule has 0 aromatic carbocycles. The standard InChI is InChI=1S/C8H11N3OS/c1-11(2)4-3-6(12)8-10-5-7(9)13-8/h3-5H,9H2,1-2H3/b4-3+. The van der Waals surface area contributed by atoms with Crippen LogP contribution in [0.2, 0.25) is 0 Å². The fraction of sp³-hybridized carbons (Fsp3) is 0.250.